The summed E-state index contributed by atoms with van der Waals surface area (Å²) in [4.78, 5) is 0.980. The Bertz CT molecular complexity index is 367. The first-order valence-corrected chi connectivity index (χ1v) is 6.07. The van der Waals surface area contributed by atoms with E-state index in [1.165, 1.54) is 5.56 Å². The van der Waals surface area contributed by atoms with E-state index >= 15 is 0 Å². The number of rotatable bonds is 2. The van der Waals surface area contributed by atoms with E-state index in [1.54, 1.807) is 7.11 Å². The minimum atomic E-state index is -0.198. The van der Waals surface area contributed by atoms with Crippen molar-refractivity contribution in [1.29, 1.82) is 0 Å². The molecule has 1 aromatic rings. The zero-order valence-electron chi connectivity index (χ0n) is 9.77. The Morgan fingerprint density at radius 3 is 2.94 bits per heavy atom. The van der Waals surface area contributed by atoms with Gasteiger partial charge < -0.3 is 9.47 Å². The van der Waals surface area contributed by atoms with Crippen molar-refractivity contribution in [3.05, 3.63) is 29.8 Å². The number of methoxy groups -OCH3 is 1. The molecule has 1 heterocycles. The van der Waals surface area contributed by atoms with Crippen molar-refractivity contribution in [3.8, 4) is 0 Å². The number of hydrogen-bond acceptors (Lipinski definition) is 3. The van der Waals surface area contributed by atoms with Gasteiger partial charge in [0.2, 0.25) is 0 Å². The Morgan fingerprint density at radius 2 is 2.31 bits per heavy atom. The Kier molecular flexibility index (Phi) is 3.57. The second-order valence-electron chi connectivity index (χ2n) is 4.38. The molecule has 2 unspecified atom stereocenters. The second kappa shape index (κ2) is 4.78. The third-order valence-electron chi connectivity index (χ3n) is 3.29. The van der Waals surface area contributed by atoms with E-state index < -0.39 is 0 Å². The van der Waals surface area contributed by atoms with Crippen LogP contribution in [0.1, 0.15) is 25.3 Å². The highest BCUT2D eigenvalue weighted by atomic mass is 32.1. The zero-order valence-corrected chi connectivity index (χ0v) is 10.7. The highest BCUT2D eigenvalue weighted by molar-refractivity contribution is 7.80. The molecular weight excluding hydrogens is 220 g/mol. The van der Waals surface area contributed by atoms with Crippen LogP contribution in [-0.4, -0.2) is 19.8 Å². The molecule has 2 rings (SSSR count). The van der Waals surface area contributed by atoms with Gasteiger partial charge >= 0.3 is 0 Å². The lowest BCUT2D eigenvalue weighted by molar-refractivity contribution is -0.122. The van der Waals surface area contributed by atoms with Crippen LogP contribution in [0.5, 0.6) is 0 Å². The monoisotopic (exact) mass is 238 g/mol. The summed E-state index contributed by atoms with van der Waals surface area (Å²) < 4.78 is 11.4. The Balaban J connectivity index is 2.33. The third-order valence-corrected chi connectivity index (χ3v) is 3.57. The van der Waals surface area contributed by atoms with Gasteiger partial charge in [0.15, 0.2) is 0 Å². The summed E-state index contributed by atoms with van der Waals surface area (Å²) >= 11 is 4.39. The van der Waals surface area contributed by atoms with E-state index in [1.807, 2.05) is 12.1 Å². The lowest BCUT2D eigenvalue weighted by Crippen LogP contribution is -2.39. The molecule has 0 aromatic heterocycles. The summed E-state index contributed by atoms with van der Waals surface area (Å²) in [6.07, 6.45) is 2.06. The molecule has 0 spiro atoms. The maximum Gasteiger partial charge on any atom is 0.0974 e. The van der Waals surface area contributed by atoms with Crippen molar-refractivity contribution in [2.75, 3.05) is 13.7 Å². The molecule has 88 valence electrons. The van der Waals surface area contributed by atoms with Crippen LogP contribution in [0.2, 0.25) is 0 Å². The van der Waals surface area contributed by atoms with E-state index in [2.05, 4.69) is 31.7 Å². The summed E-state index contributed by atoms with van der Waals surface area (Å²) in [5.41, 5.74) is 1.01. The molecule has 0 N–H and O–H groups in total. The number of hydrogen-bond donors (Lipinski definition) is 1. The van der Waals surface area contributed by atoms with Gasteiger partial charge in [0.1, 0.15) is 0 Å². The Morgan fingerprint density at radius 1 is 1.50 bits per heavy atom. The van der Waals surface area contributed by atoms with Crippen molar-refractivity contribution in [1.82, 2.24) is 0 Å². The second-order valence-corrected chi connectivity index (χ2v) is 4.90. The molecule has 3 heteroatoms. The standard InChI is InChI=1S/C13H18O2S/c1-10-9-13(14-2,6-7-15-10)11-4-3-5-12(16)8-11/h3-5,8,10,16H,6-7,9H2,1-2H3. The first-order chi connectivity index (χ1) is 7.66. The van der Waals surface area contributed by atoms with Crippen molar-refractivity contribution < 1.29 is 9.47 Å². The molecular formula is C13H18O2S. The minimum Gasteiger partial charge on any atom is -0.378 e. The van der Waals surface area contributed by atoms with Gasteiger partial charge in [0.25, 0.3) is 0 Å². The van der Waals surface area contributed by atoms with Crippen molar-refractivity contribution >= 4 is 12.6 Å². The lowest BCUT2D eigenvalue weighted by Gasteiger charge is -2.39. The largest absolute Gasteiger partial charge is 0.378 e. The van der Waals surface area contributed by atoms with E-state index in [0.29, 0.717) is 0 Å². The Labute approximate surface area is 102 Å². The molecule has 2 nitrogen and oxygen atoms in total. The van der Waals surface area contributed by atoms with Crippen LogP contribution in [0.15, 0.2) is 29.2 Å². The number of ether oxygens (including phenoxy) is 2. The lowest BCUT2D eigenvalue weighted by atomic mass is 9.84. The number of thiol groups is 1. The molecule has 1 fully saturated rings. The fourth-order valence-corrected chi connectivity index (χ4v) is 2.63. The molecule has 0 radical (unpaired) electrons. The third kappa shape index (κ3) is 2.26. The van der Waals surface area contributed by atoms with Gasteiger partial charge in [-0.05, 0) is 24.6 Å². The predicted molar refractivity (Wildman–Crippen MR) is 67.0 cm³/mol. The van der Waals surface area contributed by atoms with Gasteiger partial charge in [-0.2, -0.15) is 0 Å². The van der Waals surface area contributed by atoms with Crippen LogP contribution in [0, 0.1) is 0 Å². The molecule has 0 bridgehead atoms. The van der Waals surface area contributed by atoms with Crippen molar-refractivity contribution in [3.63, 3.8) is 0 Å². The van der Waals surface area contributed by atoms with Gasteiger partial charge in [0.05, 0.1) is 18.3 Å². The molecule has 0 amide bonds. The van der Waals surface area contributed by atoms with Gasteiger partial charge in [0, 0.05) is 24.8 Å². The van der Waals surface area contributed by atoms with Crippen molar-refractivity contribution in [2.45, 2.75) is 36.4 Å². The van der Waals surface area contributed by atoms with E-state index in [9.17, 15) is 0 Å². The summed E-state index contributed by atoms with van der Waals surface area (Å²) in [7, 11) is 1.78. The van der Waals surface area contributed by atoms with Crippen LogP contribution >= 0.6 is 12.6 Å². The fourth-order valence-electron chi connectivity index (χ4n) is 2.41. The van der Waals surface area contributed by atoms with Gasteiger partial charge in [-0.15, -0.1) is 12.6 Å². The van der Waals surface area contributed by atoms with Crippen LogP contribution < -0.4 is 0 Å². The predicted octanol–water partition coefficient (Wildman–Crippen LogP) is 3.02. The summed E-state index contributed by atoms with van der Waals surface area (Å²) in [5.74, 6) is 0. The highest BCUT2D eigenvalue weighted by Gasteiger charge is 2.37. The van der Waals surface area contributed by atoms with E-state index in [-0.39, 0.29) is 11.7 Å². The first kappa shape index (κ1) is 12.0. The van der Waals surface area contributed by atoms with E-state index in [0.717, 1.165) is 24.3 Å². The molecule has 16 heavy (non-hydrogen) atoms. The summed E-state index contributed by atoms with van der Waals surface area (Å²) in [6.45, 7) is 2.85. The average molecular weight is 238 g/mol. The Hall–Kier alpha value is -0.510. The van der Waals surface area contributed by atoms with Gasteiger partial charge in [-0.25, -0.2) is 0 Å². The molecule has 1 aliphatic heterocycles. The zero-order chi connectivity index (χ0) is 11.6. The quantitative estimate of drug-likeness (QED) is 0.798. The fraction of sp³-hybridized carbons (Fsp3) is 0.538. The first-order valence-electron chi connectivity index (χ1n) is 5.62. The van der Waals surface area contributed by atoms with Crippen LogP contribution in [0.25, 0.3) is 0 Å². The van der Waals surface area contributed by atoms with Crippen LogP contribution in [0.4, 0.5) is 0 Å². The molecule has 0 saturated carbocycles. The highest BCUT2D eigenvalue weighted by Crippen LogP contribution is 2.38. The smallest absolute Gasteiger partial charge is 0.0974 e. The SMILES string of the molecule is COC1(c2cccc(S)c2)CCOC(C)C1. The van der Waals surface area contributed by atoms with Gasteiger partial charge in [-0.1, -0.05) is 12.1 Å². The summed E-state index contributed by atoms with van der Waals surface area (Å²) in [5, 5.41) is 0. The van der Waals surface area contributed by atoms with Gasteiger partial charge in [-0.3, -0.25) is 0 Å². The van der Waals surface area contributed by atoms with Crippen molar-refractivity contribution in [2.24, 2.45) is 0 Å². The molecule has 1 aliphatic rings. The molecule has 0 aliphatic carbocycles. The van der Waals surface area contributed by atoms with Crippen LogP contribution in [-0.2, 0) is 15.1 Å². The normalized spacial score (nSPS) is 30.3. The van der Waals surface area contributed by atoms with Crippen LogP contribution in [0.3, 0.4) is 0 Å². The maximum atomic E-state index is 5.78. The average Bonchev–Trinajstić information content (AvgIpc) is 2.29. The topological polar surface area (TPSA) is 18.5 Å². The summed E-state index contributed by atoms with van der Waals surface area (Å²) in [6, 6.07) is 8.21. The maximum absolute atomic E-state index is 5.78. The molecule has 2 atom stereocenters. The minimum absolute atomic E-state index is 0.198. The molecule has 1 aromatic carbocycles. The van der Waals surface area contributed by atoms with E-state index in [4.69, 9.17) is 9.47 Å². The number of benzene rings is 1. The molecule has 1 saturated heterocycles.